The Hall–Kier alpha value is -1.05. The fourth-order valence-corrected chi connectivity index (χ4v) is 1.68. The molecule has 1 unspecified atom stereocenters. The first-order chi connectivity index (χ1) is 6.76. The van der Waals surface area contributed by atoms with Crippen LogP contribution in [0.15, 0.2) is 18.3 Å². The summed E-state index contributed by atoms with van der Waals surface area (Å²) in [5.74, 6) is 0.804. The van der Waals surface area contributed by atoms with Crippen LogP contribution in [-0.2, 0) is 5.75 Å². The quantitative estimate of drug-likeness (QED) is 0.816. The van der Waals surface area contributed by atoms with Crippen LogP contribution in [0.1, 0.15) is 18.2 Å². The monoisotopic (exact) mass is 208 g/mol. The van der Waals surface area contributed by atoms with Crippen molar-refractivity contribution in [3.8, 4) is 6.07 Å². The van der Waals surface area contributed by atoms with Gasteiger partial charge in [0.15, 0.2) is 0 Å². The predicted octanol–water partition coefficient (Wildman–Crippen LogP) is 1.57. The minimum absolute atomic E-state index is 0.181. The Morgan fingerprint density at radius 2 is 2.50 bits per heavy atom. The standard InChI is InChI=1S/C10H12N2OS/c1-8(6-13)14-7-9-2-3-12-10(4-9)5-11/h2-4,8,13H,6-7H2,1H3. The lowest BCUT2D eigenvalue weighted by atomic mass is 10.2. The Balaban J connectivity index is 2.55. The smallest absolute Gasteiger partial charge is 0.140 e. The summed E-state index contributed by atoms with van der Waals surface area (Å²) >= 11 is 1.66. The van der Waals surface area contributed by atoms with Gasteiger partial charge in [-0.15, -0.1) is 0 Å². The lowest BCUT2D eigenvalue weighted by molar-refractivity contribution is 0.300. The van der Waals surface area contributed by atoms with E-state index in [0.29, 0.717) is 5.69 Å². The maximum atomic E-state index is 8.83. The number of thioether (sulfide) groups is 1. The predicted molar refractivity (Wildman–Crippen MR) is 56.8 cm³/mol. The van der Waals surface area contributed by atoms with Crippen LogP contribution in [0.2, 0.25) is 0 Å². The Labute approximate surface area is 87.8 Å². The molecule has 1 heterocycles. The average molecular weight is 208 g/mol. The van der Waals surface area contributed by atoms with Gasteiger partial charge in [0.1, 0.15) is 11.8 Å². The first kappa shape index (κ1) is 11.0. The molecule has 0 aliphatic carbocycles. The molecular weight excluding hydrogens is 196 g/mol. The van der Waals surface area contributed by atoms with Crippen LogP contribution in [-0.4, -0.2) is 21.9 Å². The molecule has 14 heavy (non-hydrogen) atoms. The number of hydrogen-bond donors (Lipinski definition) is 1. The second kappa shape index (κ2) is 5.63. The van der Waals surface area contributed by atoms with Gasteiger partial charge in [-0.2, -0.15) is 17.0 Å². The molecule has 0 aliphatic rings. The summed E-state index contributed by atoms with van der Waals surface area (Å²) in [7, 11) is 0. The molecule has 0 radical (unpaired) electrons. The lowest BCUT2D eigenvalue weighted by Crippen LogP contribution is -2.02. The fraction of sp³-hybridized carbons (Fsp3) is 0.400. The summed E-state index contributed by atoms with van der Waals surface area (Å²) in [6.45, 7) is 2.15. The average Bonchev–Trinajstić information content (AvgIpc) is 2.26. The van der Waals surface area contributed by atoms with Crippen LogP contribution in [0.25, 0.3) is 0 Å². The molecule has 74 valence electrons. The Morgan fingerprint density at radius 1 is 1.71 bits per heavy atom. The van der Waals surface area contributed by atoms with Crippen LogP contribution in [0.3, 0.4) is 0 Å². The third-order valence-corrected chi connectivity index (χ3v) is 2.95. The van der Waals surface area contributed by atoms with E-state index >= 15 is 0 Å². The van der Waals surface area contributed by atoms with E-state index in [9.17, 15) is 0 Å². The number of aromatic nitrogens is 1. The highest BCUT2D eigenvalue weighted by atomic mass is 32.2. The van der Waals surface area contributed by atoms with Crippen molar-refractivity contribution in [3.63, 3.8) is 0 Å². The third kappa shape index (κ3) is 3.36. The second-order valence-corrected chi connectivity index (χ2v) is 4.39. The summed E-state index contributed by atoms with van der Waals surface area (Å²) in [6.07, 6.45) is 1.64. The highest BCUT2D eigenvalue weighted by molar-refractivity contribution is 7.99. The summed E-state index contributed by atoms with van der Waals surface area (Å²) in [5.41, 5.74) is 1.52. The second-order valence-electron chi connectivity index (χ2n) is 2.97. The molecule has 0 saturated carbocycles. The van der Waals surface area contributed by atoms with E-state index in [4.69, 9.17) is 10.4 Å². The van der Waals surface area contributed by atoms with Crippen molar-refractivity contribution in [2.24, 2.45) is 0 Å². The Kier molecular flexibility index (Phi) is 4.44. The van der Waals surface area contributed by atoms with Gasteiger partial charge < -0.3 is 5.11 Å². The highest BCUT2D eigenvalue weighted by Crippen LogP contribution is 2.16. The molecule has 4 heteroatoms. The molecule has 1 rings (SSSR count). The van der Waals surface area contributed by atoms with E-state index in [1.165, 1.54) is 0 Å². The van der Waals surface area contributed by atoms with Crippen LogP contribution in [0, 0.1) is 11.3 Å². The first-order valence-electron chi connectivity index (χ1n) is 4.33. The SMILES string of the molecule is CC(CO)SCc1ccnc(C#N)c1. The first-order valence-corrected chi connectivity index (χ1v) is 5.38. The van der Waals surface area contributed by atoms with Crippen molar-refractivity contribution in [2.75, 3.05) is 6.61 Å². The third-order valence-electron chi connectivity index (χ3n) is 1.73. The van der Waals surface area contributed by atoms with Crippen LogP contribution in [0.4, 0.5) is 0 Å². The number of pyridine rings is 1. The van der Waals surface area contributed by atoms with E-state index in [1.54, 1.807) is 24.0 Å². The maximum Gasteiger partial charge on any atom is 0.140 e. The molecule has 0 amide bonds. The molecule has 0 aliphatic heterocycles. The highest BCUT2D eigenvalue weighted by Gasteiger charge is 2.01. The molecule has 3 nitrogen and oxygen atoms in total. The van der Waals surface area contributed by atoms with Gasteiger partial charge in [-0.05, 0) is 17.7 Å². The lowest BCUT2D eigenvalue weighted by Gasteiger charge is -2.06. The molecule has 0 fully saturated rings. The molecule has 0 bridgehead atoms. The van der Waals surface area contributed by atoms with E-state index in [0.717, 1.165) is 11.3 Å². The van der Waals surface area contributed by atoms with Crippen LogP contribution >= 0.6 is 11.8 Å². The molecule has 0 saturated heterocycles. The Morgan fingerprint density at radius 3 is 3.14 bits per heavy atom. The molecule has 1 aromatic rings. The number of nitrogens with zero attached hydrogens (tertiary/aromatic N) is 2. The largest absolute Gasteiger partial charge is 0.395 e. The zero-order valence-electron chi connectivity index (χ0n) is 7.97. The number of aliphatic hydroxyl groups is 1. The molecule has 0 aromatic carbocycles. The van der Waals surface area contributed by atoms with Crippen molar-refractivity contribution in [1.82, 2.24) is 4.98 Å². The molecule has 1 aromatic heterocycles. The zero-order valence-corrected chi connectivity index (χ0v) is 8.79. The zero-order chi connectivity index (χ0) is 10.4. The van der Waals surface area contributed by atoms with Crippen molar-refractivity contribution < 1.29 is 5.11 Å². The Bertz CT molecular complexity index is 335. The van der Waals surface area contributed by atoms with Gasteiger partial charge in [0, 0.05) is 17.2 Å². The summed E-state index contributed by atoms with van der Waals surface area (Å²) in [4.78, 5) is 3.89. The van der Waals surface area contributed by atoms with Crippen molar-refractivity contribution in [1.29, 1.82) is 5.26 Å². The molecule has 1 atom stereocenters. The van der Waals surface area contributed by atoms with Crippen molar-refractivity contribution in [2.45, 2.75) is 17.9 Å². The van der Waals surface area contributed by atoms with Gasteiger partial charge in [0.05, 0.1) is 6.61 Å². The summed E-state index contributed by atoms with van der Waals surface area (Å²) in [6, 6.07) is 5.66. The summed E-state index contributed by atoms with van der Waals surface area (Å²) < 4.78 is 0. The van der Waals surface area contributed by atoms with Gasteiger partial charge in [0.2, 0.25) is 0 Å². The number of rotatable bonds is 4. The number of nitriles is 1. The van der Waals surface area contributed by atoms with E-state index in [1.807, 2.05) is 19.1 Å². The minimum atomic E-state index is 0.181. The van der Waals surface area contributed by atoms with Crippen LogP contribution < -0.4 is 0 Å². The molecular formula is C10H12N2OS. The van der Waals surface area contributed by atoms with Gasteiger partial charge in [-0.1, -0.05) is 6.92 Å². The van der Waals surface area contributed by atoms with E-state index in [2.05, 4.69) is 4.98 Å². The molecule has 1 N–H and O–H groups in total. The van der Waals surface area contributed by atoms with Crippen molar-refractivity contribution in [3.05, 3.63) is 29.6 Å². The number of hydrogen-bond acceptors (Lipinski definition) is 4. The normalized spacial score (nSPS) is 12.1. The fourth-order valence-electron chi connectivity index (χ4n) is 0.916. The number of aliphatic hydroxyl groups excluding tert-OH is 1. The van der Waals surface area contributed by atoms with Crippen molar-refractivity contribution >= 4 is 11.8 Å². The minimum Gasteiger partial charge on any atom is -0.395 e. The van der Waals surface area contributed by atoms with Crippen LogP contribution in [0.5, 0.6) is 0 Å². The van der Waals surface area contributed by atoms with E-state index < -0.39 is 0 Å². The maximum absolute atomic E-state index is 8.83. The van der Waals surface area contributed by atoms with Gasteiger partial charge in [-0.3, -0.25) is 0 Å². The van der Waals surface area contributed by atoms with Gasteiger partial charge in [-0.25, -0.2) is 4.98 Å². The topological polar surface area (TPSA) is 56.9 Å². The van der Waals surface area contributed by atoms with E-state index in [-0.39, 0.29) is 11.9 Å². The van der Waals surface area contributed by atoms with Gasteiger partial charge >= 0.3 is 0 Å². The van der Waals surface area contributed by atoms with Gasteiger partial charge in [0.25, 0.3) is 0 Å². The summed E-state index contributed by atoms with van der Waals surface area (Å²) in [5, 5.41) is 17.7. The molecule has 0 spiro atoms.